The maximum atomic E-state index is 13.4. The van der Waals surface area contributed by atoms with Gasteiger partial charge in [0.05, 0.1) is 5.52 Å². The molecule has 1 N–H and O–H groups in total. The van der Waals surface area contributed by atoms with E-state index in [1.807, 2.05) is 24.3 Å². The number of anilines is 1. The molecule has 0 saturated heterocycles. The summed E-state index contributed by atoms with van der Waals surface area (Å²) >= 11 is 0. The number of carbonyl (C=O) groups excluding carboxylic acids is 2. The molecule has 172 valence electrons. The summed E-state index contributed by atoms with van der Waals surface area (Å²) < 4.78 is 12.9. The van der Waals surface area contributed by atoms with E-state index in [1.54, 1.807) is 22.9 Å². The molecule has 0 unspecified atom stereocenters. The van der Waals surface area contributed by atoms with E-state index in [0.717, 1.165) is 31.2 Å². The van der Waals surface area contributed by atoms with Gasteiger partial charge in [0.25, 0.3) is 0 Å². The maximum Gasteiger partial charge on any atom is 0.249 e. The van der Waals surface area contributed by atoms with Crippen LogP contribution >= 0.6 is 0 Å². The average Bonchev–Trinajstić information content (AvgIpc) is 3.25. The molecule has 33 heavy (non-hydrogen) atoms. The highest BCUT2D eigenvalue weighted by atomic mass is 16.6. The van der Waals surface area contributed by atoms with Crippen LogP contribution in [0.4, 0.5) is 5.69 Å². The maximum absolute atomic E-state index is 13.4. The van der Waals surface area contributed by atoms with Gasteiger partial charge in [0.1, 0.15) is 31.8 Å². The molecule has 2 aromatic carbocycles. The zero-order valence-corrected chi connectivity index (χ0v) is 18.4. The smallest absolute Gasteiger partial charge is 0.249 e. The molecule has 3 aromatic rings. The van der Waals surface area contributed by atoms with E-state index in [2.05, 4.69) is 15.6 Å². The molecule has 2 amide bonds. The van der Waals surface area contributed by atoms with Crippen LogP contribution in [0.25, 0.3) is 11.0 Å². The molecular weight excluding hydrogens is 422 g/mol. The number of hydrogen-bond donors (Lipinski definition) is 1. The van der Waals surface area contributed by atoms with E-state index in [-0.39, 0.29) is 30.9 Å². The lowest BCUT2D eigenvalue weighted by atomic mass is 9.95. The van der Waals surface area contributed by atoms with Crippen LogP contribution in [-0.4, -0.2) is 52.6 Å². The first kappa shape index (κ1) is 21.2. The number of para-hydroxylation sites is 1. The number of aromatic nitrogens is 3. The summed E-state index contributed by atoms with van der Waals surface area (Å²) in [6, 6.07) is 12.9. The lowest BCUT2D eigenvalue weighted by Gasteiger charge is -2.27. The van der Waals surface area contributed by atoms with Crippen molar-refractivity contribution in [1.82, 2.24) is 20.3 Å². The Kier molecular flexibility index (Phi) is 6.10. The Morgan fingerprint density at radius 1 is 1.03 bits per heavy atom. The lowest BCUT2D eigenvalue weighted by Crippen LogP contribution is -2.45. The summed E-state index contributed by atoms with van der Waals surface area (Å²) in [4.78, 5) is 27.8. The molecule has 1 saturated carbocycles. The molecule has 1 aliphatic heterocycles. The highest BCUT2D eigenvalue weighted by Crippen LogP contribution is 2.34. The monoisotopic (exact) mass is 449 g/mol. The molecule has 0 bridgehead atoms. The number of nitrogens with one attached hydrogen (secondary N) is 1. The molecule has 5 rings (SSSR count). The van der Waals surface area contributed by atoms with Crippen molar-refractivity contribution in [3.63, 3.8) is 0 Å². The molecule has 2 heterocycles. The average molecular weight is 450 g/mol. The van der Waals surface area contributed by atoms with Gasteiger partial charge >= 0.3 is 0 Å². The van der Waals surface area contributed by atoms with Gasteiger partial charge in [-0.2, -0.15) is 0 Å². The van der Waals surface area contributed by atoms with Crippen LogP contribution in [-0.2, 0) is 16.1 Å². The van der Waals surface area contributed by atoms with Crippen LogP contribution in [0, 0.1) is 0 Å². The minimum Gasteiger partial charge on any atom is -0.486 e. The summed E-state index contributed by atoms with van der Waals surface area (Å²) in [6.07, 6.45) is 5.41. The highest BCUT2D eigenvalue weighted by Gasteiger charge is 2.25. The Hall–Kier alpha value is -3.62. The molecule has 9 nitrogen and oxygen atoms in total. The Morgan fingerprint density at radius 3 is 2.67 bits per heavy atom. The fourth-order valence-corrected chi connectivity index (χ4v) is 4.43. The SMILES string of the molecule is O=C(CN(C(=O)Cn1nnc2ccccc21)c1ccc2c(c1)OCCO2)NC1CCCCC1. The Balaban J connectivity index is 1.38. The zero-order valence-electron chi connectivity index (χ0n) is 18.4. The molecule has 9 heteroatoms. The largest absolute Gasteiger partial charge is 0.486 e. The summed E-state index contributed by atoms with van der Waals surface area (Å²) in [7, 11) is 0. The van der Waals surface area contributed by atoms with Crippen LogP contribution in [0.5, 0.6) is 11.5 Å². The van der Waals surface area contributed by atoms with Gasteiger partial charge in [-0.3, -0.25) is 9.59 Å². The normalized spacial score (nSPS) is 15.9. The van der Waals surface area contributed by atoms with Gasteiger partial charge in [-0.15, -0.1) is 5.10 Å². The molecule has 1 aromatic heterocycles. The summed E-state index contributed by atoms with van der Waals surface area (Å²) in [5, 5.41) is 11.4. The minimum absolute atomic E-state index is 0.0360. The van der Waals surface area contributed by atoms with Gasteiger partial charge in [0.15, 0.2) is 11.5 Å². The van der Waals surface area contributed by atoms with Gasteiger partial charge in [-0.25, -0.2) is 4.68 Å². The van der Waals surface area contributed by atoms with E-state index in [9.17, 15) is 9.59 Å². The fraction of sp³-hybridized carbons (Fsp3) is 0.417. The van der Waals surface area contributed by atoms with Crippen LogP contribution in [0.2, 0.25) is 0 Å². The quantitative estimate of drug-likeness (QED) is 0.621. The van der Waals surface area contributed by atoms with Crippen LogP contribution in [0.15, 0.2) is 42.5 Å². The first-order valence-electron chi connectivity index (χ1n) is 11.4. The van der Waals surface area contributed by atoms with E-state index in [0.29, 0.717) is 35.9 Å². The topological polar surface area (TPSA) is 98.6 Å². The van der Waals surface area contributed by atoms with Gasteiger partial charge in [0, 0.05) is 17.8 Å². The predicted octanol–water partition coefficient (Wildman–Crippen LogP) is 2.68. The Labute approximate surface area is 191 Å². The summed E-state index contributed by atoms with van der Waals surface area (Å²) in [5.74, 6) is 0.761. The van der Waals surface area contributed by atoms with Crippen molar-refractivity contribution in [3.05, 3.63) is 42.5 Å². The molecule has 0 radical (unpaired) electrons. The number of ether oxygens (including phenoxy) is 2. The first-order chi connectivity index (χ1) is 16.2. The van der Waals surface area contributed by atoms with E-state index in [1.165, 1.54) is 11.3 Å². The van der Waals surface area contributed by atoms with Crippen LogP contribution < -0.4 is 19.7 Å². The number of rotatable bonds is 6. The molecular formula is C24H27N5O4. The second-order valence-corrected chi connectivity index (χ2v) is 8.45. The molecule has 2 aliphatic rings. The molecule has 0 atom stereocenters. The summed E-state index contributed by atoms with van der Waals surface area (Å²) in [6.45, 7) is 0.808. The number of hydrogen-bond acceptors (Lipinski definition) is 6. The third kappa shape index (κ3) is 4.76. The lowest BCUT2D eigenvalue weighted by molar-refractivity contribution is -0.124. The Morgan fingerprint density at radius 2 is 1.82 bits per heavy atom. The van der Waals surface area contributed by atoms with Crippen molar-refractivity contribution >= 4 is 28.5 Å². The number of benzene rings is 2. The van der Waals surface area contributed by atoms with Crippen molar-refractivity contribution in [1.29, 1.82) is 0 Å². The third-order valence-corrected chi connectivity index (χ3v) is 6.12. The second-order valence-electron chi connectivity index (χ2n) is 8.45. The molecule has 0 spiro atoms. The predicted molar refractivity (Wildman–Crippen MR) is 122 cm³/mol. The van der Waals surface area contributed by atoms with Gasteiger partial charge in [-0.1, -0.05) is 36.6 Å². The number of fused-ring (bicyclic) bond motifs is 2. The van der Waals surface area contributed by atoms with Crippen molar-refractivity contribution in [2.45, 2.75) is 44.7 Å². The third-order valence-electron chi connectivity index (χ3n) is 6.12. The standard InChI is InChI=1S/C24H27N5O4/c30-23(25-17-6-2-1-3-7-17)15-28(18-10-11-21-22(14-18)33-13-12-32-21)24(31)16-29-20-9-5-4-8-19(20)26-27-29/h4-5,8-11,14,17H,1-3,6-7,12-13,15-16H2,(H,25,30). The second kappa shape index (κ2) is 9.48. The number of amides is 2. The van der Waals surface area contributed by atoms with Crippen molar-refractivity contribution in [3.8, 4) is 11.5 Å². The zero-order chi connectivity index (χ0) is 22.6. The highest BCUT2D eigenvalue weighted by molar-refractivity contribution is 5.99. The minimum atomic E-state index is -0.263. The van der Waals surface area contributed by atoms with Crippen molar-refractivity contribution in [2.75, 3.05) is 24.7 Å². The van der Waals surface area contributed by atoms with E-state index in [4.69, 9.17) is 9.47 Å². The van der Waals surface area contributed by atoms with Crippen LogP contribution in [0.1, 0.15) is 32.1 Å². The van der Waals surface area contributed by atoms with Crippen molar-refractivity contribution < 1.29 is 19.1 Å². The summed E-state index contributed by atoms with van der Waals surface area (Å²) in [5.41, 5.74) is 2.05. The van der Waals surface area contributed by atoms with Gasteiger partial charge in [-0.05, 0) is 37.1 Å². The Bertz CT molecular complexity index is 1150. The van der Waals surface area contributed by atoms with E-state index >= 15 is 0 Å². The van der Waals surface area contributed by atoms with Crippen LogP contribution in [0.3, 0.4) is 0 Å². The van der Waals surface area contributed by atoms with Gasteiger partial charge in [0.2, 0.25) is 11.8 Å². The van der Waals surface area contributed by atoms with Gasteiger partial charge < -0.3 is 19.7 Å². The molecule has 1 aliphatic carbocycles. The number of carbonyl (C=O) groups is 2. The molecule has 1 fully saturated rings. The fourth-order valence-electron chi connectivity index (χ4n) is 4.43. The first-order valence-corrected chi connectivity index (χ1v) is 11.4. The number of nitrogens with zero attached hydrogens (tertiary/aromatic N) is 4. The van der Waals surface area contributed by atoms with Crippen molar-refractivity contribution in [2.24, 2.45) is 0 Å². The van der Waals surface area contributed by atoms with E-state index < -0.39 is 0 Å².